The van der Waals surface area contributed by atoms with Crippen LogP contribution in [0.3, 0.4) is 0 Å². The number of aromatic nitrogens is 2. The molecule has 28 heavy (non-hydrogen) atoms. The predicted molar refractivity (Wildman–Crippen MR) is 106 cm³/mol. The fourth-order valence-electron chi connectivity index (χ4n) is 2.68. The first kappa shape index (κ1) is 19.4. The molecular weight excluding hydrogens is 384 g/mol. The average Bonchev–Trinajstić information content (AvgIpc) is 2.64. The van der Waals surface area contributed by atoms with Crippen LogP contribution >= 0.6 is 0 Å². The van der Waals surface area contributed by atoms with Crippen LogP contribution in [0.25, 0.3) is 10.9 Å². The van der Waals surface area contributed by atoms with Gasteiger partial charge in [-0.05, 0) is 24.3 Å². The summed E-state index contributed by atoms with van der Waals surface area (Å²) in [4.78, 5) is 24.3. The van der Waals surface area contributed by atoms with Gasteiger partial charge in [0.2, 0.25) is 21.4 Å². The van der Waals surface area contributed by atoms with Gasteiger partial charge in [-0.15, -0.1) is 0 Å². The molecule has 0 fully saturated rings. The molecule has 1 heterocycles. The molecule has 3 aromatic rings. The van der Waals surface area contributed by atoms with Crippen molar-refractivity contribution in [3.8, 4) is 5.75 Å². The lowest BCUT2D eigenvalue weighted by molar-refractivity contribution is -0.116. The Morgan fingerprint density at radius 2 is 1.96 bits per heavy atom. The second-order valence-electron chi connectivity index (χ2n) is 6.02. The van der Waals surface area contributed by atoms with Crippen molar-refractivity contribution < 1.29 is 17.9 Å². The number of nitrogens with one attached hydrogen (secondary N) is 2. The van der Waals surface area contributed by atoms with Crippen molar-refractivity contribution in [2.75, 3.05) is 23.4 Å². The maximum absolute atomic E-state index is 12.4. The minimum Gasteiger partial charge on any atom is -0.494 e. The quantitative estimate of drug-likeness (QED) is 0.643. The average molecular weight is 402 g/mol. The molecule has 10 heteroatoms. The van der Waals surface area contributed by atoms with Crippen LogP contribution < -0.4 is 20.2 Å². The number of anilines is 2. The highest BCUT2D eigenvalue weighted by Gasteiger charge is 2.12. The third kappa shape index (κ3) is 4.46. The van der Waals surface area contributed by atoms with Crippen molar-refractivity contribution >= 4 is 38.2 Å². The number of sulfonamides is 1. The normalized spacial score (nSPS) is 11.2. The molecule has 3 rings (SSSR count). The maximum Gasteiger partial charge on any atom is 0.246 e. The fraction of sp³-hybridized carbons (Fsp3) is 0.167. The van der Waals surface area contributed by atoms with Crippen LogP contribution in [0.1, 0.15) is 0 Å². The van der Waals surface area contributed by atoms with Gasteiger partial charge in [-0.3, -0.25) is 19.0 Å². The maximum atomic E-state index is 12.4. The van der Waals surface area contributed by atoms with Crippen molar-refractivity contribution in [1.29, 1.82) is 0 Å². The molecule has 9 nitrogen and oxygen atoms in total. The van der Waals surface area contributed by atoms with Crippen LogP contribution in [0.5, 0.6) is 5.75 Å². The number of rotatable bonds is 6. The lowest BCUT2D eigenvalue weighted by Gasteiger charge is -2.13. The molecule has 0 aliphatic carbocycles. The summed E-state index contributed by atoms with van der Waals surface area (Å²) in [6, 6.07) is 11.4. The Hall–Kier alpha value is -3.40. The second-order valence-corrected chi connectivity index (χ2v) is 7.77. The van der Waals surface area contributed by atoms with Gasteiger partial charge >= 0.3 is 0 Å². The SMILES string of the molecule is COc1cc(NC(=O)Cn2ncc(=O)c3ccccc32)ccc1NS(C)(=O)=O. The van der Waals surface area contributed by atoms with E-state index in [0.29, 0.717) is 16.6 Å². The van der Waals surface area contributed by atoms with Crippen LogP contribution in [0.4, 0.5) is 11.4 Å². The number of fused-ring (bicyclic) bond motifs is 1. The van der Waals surface area contributed by atoms with E-state index >= 15 is 0 Å². The highest BCUT2D eigenvalue weighted by atomic mass is 32.2. The summed E-state index contributed by atoms with van der Waals surface area (Å²) >= 11 is 0. The molecule has 2 aromatic carbocycles. The highest BCUT2D eigenvalue weighted by Crippen LogP contribution is 2.28. The molecule has 0 spiro atoms. The number of benzene rings is 2. The summed E-state index contributed by atoms with van der Waals surface area (Å²) in [6.45, 7) is -0.105. The molecule has 1 aromatic heterocycles. The Morgan fingerprint density at radius 3 is 2.68 bits per heavy atom. The first-order valence-electron chi connectivity index (χ1n) is 8.17. The van der Waals surface area contributed by atoms with E-state index < -0.39 is 10.0 Å². The van der Waals surface area contributed by atoms with E-state index in [9.17, 15) is 18.0 Å². The third-order valence-corrected chi connectivity index (χ3v) is 4.43. The van der Waals surface area contributed by atoms with E-state index in [2.05, 4.69) is 15.1 Å². The Morgan fingerprint density at radius 1 is 1.21 bits per heavy atom. The van der Waals surface area contributed by atoms with Crippen molar-refractivity contribution in [2.24, 2.45) is 0 Å². The van der Waals surface area contributed by atoms with Crippen LogP contribution in [0, 0.1) is 0 Å². The summed E-state index contributed by atoms with van der Waals surface area (Å²) in [6.07, 6.45) is 2.20. The Kier molecular flexibility index (Phi) is 5.32. The largest absolute Gasteiger partial charge is 0.494 e. The summed E-state index contributed by atoms with van der Waals surface area (Å²) in [5.41, 5.74) is 1.02. The van der Waals surface area contributed by atoms with Crippen molar-refractivity contribution in [3.05, 3.63) is 58.9 Å². The van der Waals surface area contributed by atoms with Gasteiger partial charge in [-0.1, -0.05) is 12.1 Å². The van der Waals surface area contributed by atoms with Gasteiger partial charge in [0.25, 0.3) is 0 Å². The standard InChI is InChI=1S/C18H18N4O5S/c1-27-17-9-12(7-8-14(17)21-28(2,25)26)20-18(24)11-22-15-6-4-3-5-13(15)16(23)10-19-22/h3-10,21H,11H2,1-2H3,(H,20,24). The summed E-state index contributed by atoms with van der Waals surface area (Å²) in [5, 5.41) is 7.19. The van der Waals surface area contributed by atoms with Crippen LogP contribution in [-0.4, -0.2) is 37.5 Å². The molecule has 0 radical (unpaired) electrons. The van der Waals surface area contributed by atoms with Crippen molar-refractivity contribution in [3.63, 3.8) is 0 Å². The number of hydrogen-bond acceptors (Lipinski definition) is 6. The zero-order valence-corrected chi connectivity index (χ0v) is 16.0. The molecule has 0 atom stereocenters. The number of carbonyl (C=O) groups excluding carboxylic acids is 1. The highest BCUT2D eigenvalue weighted by molar-refractivity contribution is 7.92. The van der Waals surface area contributed by atoms with Gasteiger partial charge in [0.05, 0.1) is 30.8 Å². The van der Waals surface area contributed by atoms with E-state index in [1.165, 1.54) is 30.1 Å². The first-order chi connectivity index (χ1) is 13.3. The number of ether oxygens (including phenoxy) is 1. The molecule has 2 N–H and O–H groups in total. The minimum atomic E-state index is -3.47. The van der Waals surface area contributed by atoms with Crippen LogP contribution in [0.2, 0.25) is 0 Å². The van der Waals surface area contributed by atoms with Gasteiger partial charge in [0.15, 0.2) is 0 Å². The molecule has 0 unspecified atom stereocenters. The molecule has 1 amide bonds. The van der Waals surface area contributed by atoms with Gasteiger partial charge in [-0.2, -0.15) is 5.10 Å². The van der Waals surface area contributed by atoms with Crippen LogP contribution in [0.15, 0.2) is 53.5 Å². The van der Waals surface area contributed by atoms with Crippen LogP contribution in [-0.2, 0) is 21.4 Å². The number of hydrogen-bond donors (Lipinski definition) is 2. The van der Waals surface area contributed by atoms with E-state index in [1.807, 2.05) is 0 Å². The van der Waals surface area contributed by atoms with E-state index in [4.69, 9.17) is 4.74 Å². The Labute approximate surface area is 161 Å². The number of nitrogens with zero attached hydrogens (tertiary/aromatic N) is 2. The van der Waals surface area contributed by atoms with Gasteiger partial charge in [0, 0.05) is 17.1 Å². The molecule has 146 valence electrons. The zero-order valence-electron chi connectivity index (χ0n) is 15.2. The fourth-order valence-corrected chi connectivity index (χ4v) is 3.24. The van der Waals surface area contributed by atoms with E-state index in [-0.39, 0.29) is 29.3 Å². The topological polar surface area (TPSA) is 119 Å². The lowest BCUT2D eigenvalue weighted by Crippen LogP contribution is -2.22. The molecule has 0 bridgehead atoms. The zero-order chi connectivity index (χ0) is 20.3. The Balaban J connectivity index is 1.81. The Bertz CT molecular complexity index is 1200. The van der Waals surface area contributed by atoms with E-state index in [0.717, 1.165) is 6.26 Å². The molecular formula is C18H18N4O5S. The lowest BCUT2D eigenvalue weighted by atomic mass is 10.2. The van der Waals surface area contributed by atoms with Crippen molar-refractivity contribution in [2.45, 2.75) is 6.54 Å². The minimum absolute atomic E-state index is 0.105. The molecule has 0 aliphatic rings. The predicted octanol–water partition coefficient (Wildman–Crippen LogP) is 1.42. The number of carbonyl (C=O) groups is 1. The number of amides is 1. The number of methoxy groups -OCH3 is 1. The third-order valence-electron chi connectivity index (χ3n) is 3.84. The summed E-state index contributed by atoms with van der Waals surface area (Å²) in [7, 11) is -2.07. The van der Waals surface area contributed by atoms with Crippen molar-refractivity contribution in [1.82, 2.24) is 9.78 Å². The summed E-state index contributed by atoms with van der Waals surface area (Å²) in [5.74, 6) is -0.109. The second kappa shape index (κ2) is 7.69. The molecule has 0 aliphatic heterocycles. The monoisotopic (exact) mass is 402 g/mol. The first-order valence-corrected chi connectivity index (χ1v) is 10.1. The van der Waals surface area contributed by atoms with E-state index in [1.54, 1.807) is 30.3 Å². The van der Waals surface area contributed by atoms with Gasteiger partial charge < -0.3 is 10.1 Å². The molecule has 0 saturated carbocycles. The van der Waals surface area contributed by atoms with Gasteiger partial charge in [0.1, 0.15) is 12.3 Å². The van der Waals surface area contributed by atoms with Gasteiger partial charge in [-0.25, -0.2) is 8.42 Å². The summed E-state index contributed by atoms with van der Waals surface area (Å²) < 4.78 is 31.7. The number of para-hydroxylation sites is 1. The smallest absolute Gasteiger partial charge is 0.246 e. The molecule has 0 saturated heterocycles.